The number of benzene rings is 1. The molecule has 9 heteroatoms. The van der Waals surface area contributed by atoms with Gasteiger partial charge in [-0.3, -0.25) is 9.59 Å². The first kappa shape index (κ1) is 19.8. The predicted molar refractivity (Wildman–Crippen MR) is 111 cm³/mol. The van der Waals surface area contributed by atoms with Crippen LogP contribution in [-0.4, -0.2) is 47.0 Å². The van der Waals surface area contributed by atoms with E-state index in [4.69, 9.17) is 9.15 Å². The smallest absolute Gasteiger partial charge is 0.251 e. The maximum atomic E-state index is 12.5. The fourth-order valence-electron chi connectivity index (χ4n) is 3.23. The molecule has 2 aromatic heterocycles. The summed E-state index contributed by atoms with van der Waals surface area (Å²) in [7, 11) is 0. The minimum Gasteiger partial charge on any atom is -0.421 e. The van der Waals surface area contributed by atoms with Crippen molar-refractivity contribution in [1.29, 1.82) is 0 Å². The first-order valence-corrected chi connectivity index (χ1v) is 9.88. The van der Waals surface area contributed by atoms with Gasteiger partial charge >= 0.3 is 0 Å². The summed E-state index contributed by atoms with van der Waals surface area (Å²) in [4.78, 5) is 26.9. The maximum Gasteiger partial charge on any atom is 0.251 e. The molecule has 1 N–H and O–H groups in total. The lowest BCUT2D eigenvalue weighted by Gasteiger charge is -2.28. The number of pyridine rings is 1. The molecule has 3 aromatic rings. The molecular formula is C21H23N5O4. The van der Waals surface area contributed by atoms with Gasteiger partial charge in [-0.05, 0) is 30.3 Å². The van der Waals surface area contributed by atoms with Gasteiger partial charge in [0.05, 0.1) is 18.8 Å². The Morgan fingerprint density at radius 3 is 2.57 bits per heavy atom. The normalized spacial score (nSPS) is 14.0. The summed E-state index contributed by atoms with van der Waals surface area (Å²) in [6.45, 7) is 4.93. The molecule has 1 aromatic carbocycles. The number of hydrogen-bond acceptors (Lipinski definition) is 7. The van der Waals surface area contributed by atoms with E-state index in [1.807, 2.05) is 31.2 Å². The molecular weight excluding hydrogens is 386 g/mol. The minimum absolute atomic E-state index is 0.118. The van der Waals surface area contributed by atoms with E-state index in [1.165, 1.54) is 10.6 Å². The Bertz CT molecular complexity index is 1070. The van der Waals surface area contributed by atoms with Gasteiger partial charge in [-0.2, -0.15) is 0 Å². The number of carbonyl (C=O) groups is 1. The first-order valence-electron chi connectivity index (χ1n) is 9.88. The summed E-state index contributed by atoms with van der Waals surface area (Å²) in [5, 5.41) is 10.7. The molecule has 156 valence electrons. The van der Waals surface area contributed by atoms with Crippen molar-refractivity contribution in [2.75, 3.05) is 36.5 Å². The predicted octanol–water partition coefficient (Wildman–Crippen LogP) is 1.94. The van der Waals surface area contributed by atoms with E-state index in [-0.39, 0.29) is 18.0 Å². The van der Waals surface area contributed by atoms with Crippen molar-refractivity contribution < 1.29 is 13.9 Å². The molecule has 1 aliphatic rings. The van der Waals surface area contributed by atoms with Crippen molar-refractivity contribution in [2.24, 2.45) is 0 Å². The minimum atomic E-state index is -0.298. The van der Waals surface area contributed by atoms with Gasteiger partial charge in [0, 0.05) is 43.1 Å². The van der Waals surface area contributed by atoms with Crippen LogP contribution in [0.2, 0.25) is 0 Å². The van der Waals surface area contributed by atoms with Gasteiger partial charge in [0.2, 0.25) is 17.7 Å². The highest BCUT2D eigenvalue weighted by molar-refractivity contribution is 5.90. The monoisotopic (exact) mass is 409 g/mol. The van der Waals surface area contributed by atoms with E-state index in [0.717, 1.165) is 32.0 Å². The van der Waals surface area contributed by atoms with Crippen LogP contribution < -0.4 is 15.8 Å². The van der Waals surface area contributed by atoms with Crippen LogP contribution in [0.25, 0.3) is 11.5 Å². The van der Waals surface area contributed by atoms with Crippen LogP contribution in [-0.2, 0) is 22.5 Å². The summed E-state index contributed by atoms with van der Waals surface area (Å²) in [6.07, 6.45) is 2.18. The Kier molecular flexibility index (Phi) is 5.89. The average Bonchev–Trinajstić information content (AvgIpc) is 3.26. The quantitative estimate of drug-likeness (QED) is 0.664. The molecule has 0 saturated carbocycles. The van der Waals surface area contributed by atoms with E-state index < -0.39 is 0 Å². The molecule has 1 saturated heterocycles. The second kappa shape index (κ2) is 8.91. The Morgan fingerprint density at radius 1 is 1.10 bits per heavy atom. The lowest BCUT2D eigenvalue weighted by Crippen LogP contribution is -2.36. The zero-order valence-corrected chi connectivity index (χ0v) is 16.7. The second-order valence-corrected chi connectivity index (χ2v) is 6.93. The summed E-state index contributed by atoms with van der Waals surface area (Å²) in [5.74, 6) is 0.536. The summed E-state index contributed by atoms with van der Waals surface area (Å²) in [6, 6.07) is 10.6. The van der Waals surface area contributed by atoms with Gasteiger partial charge in [0.15, 0.2) is 0 Å². The number of hydrogen-bond donors (Lipinski definition) is 1. The molecule has 9 nitrogen and oxygen atoms in total. The van der Waals surface area contributed by atoms with Gasteiger partial charge in [0.1, 0.15) is 6.54 Å². The lowest BCUT2D eigenvalue weighted by molar-refractivity contribution is -0.116. The Labute approximate surface area is 173 Å². The zero-order chi connectivity index (χ0) is 20.9. The van der Waals surface area contributed by atoms with E-state index in [0.29, 0.717) is 29.5 Å². The second-order valence-electron chi connectivity index (χ2n) is 6.93. The van der Waals surface area contributed by atoms with Crippen molar-refractivity contribution in [3.05, 3.63) is 58.8 Å². The van der Waals surface area contributed by atoms with Gasteiger partial charge in [-0.15, -0.1) is 10.2 Å². The van der Waals surface area contributed by atoms with E-state index >= 15 is 0 Å². The van der Waals surface area contributed by atoms with E-state index in [2.05, 4.69) is 20.4 Å². The van der Waals surface area contributed by atoms with Crippen molar-refractivity contribution in [1.82, 2.24) is 14.8 Å². The number of ether oxygens (including phenoxy) is 1. The molecule has 0 unspecified atom stereocenters. The van der Waals surface area contributed by atoms with Gasteiger partial charge < -0.3 is 23.9 Å². The Hall–Kier alpha value is -3.46. The zero-order valence-electron chi connectivity index (χ0n) is 16.7. The van der Waals surface area contributed by atoms with Crippen LogP contribution in [0.15, 0.2) is 51.8 Å². The number of rotatable bonds is 6. The van der Waals surface area contributed by atoms with Crippen molar-refractivity contribution in [3.8, 4) is 11.5 Å². The third-order valence-corrected chi connectivity index (χ3v) is 4.84. The summed E-state index contributed by atoms with van der Waals surface area (Å²) >= 11 is 0. The van der Waals surface area contributed by atoms with Gasteiger partial charge in [-0.1, -0.05) is 6.92 Å². The fourth-order valence-corrected chi connectivity index (χ4v) is 3.23. The molecule has 3 heterocycles. The number of morpholine rings is 1. The number of aryl methyl sites for hydroxylation is 1. The highest BCUT2D eigenvalue weighted by Gasteiger charge is 2.13. The average molecular weight is 409 g/mol. The molecule has 0 aliphatic carbocycles. The third kappa shape index (κ3) is 4.57. The van der Waals surface area contributed by atoms with E-state index in [1.54, 1.807) is 12.3 Å². The molecule has 1 aliphatic heterocycles. The van der Waals surface area contributed by atoms with Crippen molar-refractivity contribution in [3.63, 3.8) is 0 Å². The highest BCUT2D eigenvalue weighted by atomic mass is 16.5. The molecule has 1 fully saturated rings. The number of aromatic nitrogens is 3. The molecule has 30 heavy (non-hydrogen) atoms. The van der Waals surface area contributed by atoms with Crippen molar-refractivity contribution >= 4 is 17.3 Å². The molecule has 0 atom stereocenters. The van der Waals surface area contributed by atoms with Gasteiger partial charge in [-0.25, -0.2) is 0 Å². The Morgan fingerprint density at radius 2 is 1.87 bits per heavy atom. The number of carbonyl (C=O) groups excluding carboxylic acids is 1. The summed E-state index contributed by atoms with van der Waals surface area (Å²) < 4.78 is 12.2. The fraction of sp³-hybridized carbons (Fsp3) is 0.333. The van der Waals surface area contributed by atoms with Crippen LogP contribution in [0.4, 0.5) is 11.4 Å². The highest BCUT2D eigenvalue weighted by Crippen LogP contribution is 2.19. The topological polar surface area (TPSA) is 102 Å². The maximum absolute atomic E-state index is 12.5. The summed E-state index contributed by atoms with van der Waals surface area (Å²) in [5.41, 5.74) is 2.06. The number of anilines is 2. The number of amides is 1. The third-order valence-electron chi connectivity index (χ3n) is 4.84. The number of nitrogens with one attached hydrogen (secondary N) is 1. The molecule has 0 bridgehead atoms. The number of nitrogens with zero attached hydrogens (tertiary/aromatic N) is 4. The van der Waals surface area contributed by atoms with Crippen molar-refractivity contribution in [2.45, 2.75) is 19.9 Å². The van der Waals surface area contributed by atoms with Crippen LogP contribution >= 0.6 is 0 Å². The molecule has 4 rings (SSSR count). The Balaban J connectivity index is 1.42. The SMILES string of the molecule is CCc1nnc(-c2ccc(=O)n(CC(=O)Nc3ccc(N4CCOCC4)cc3)c2)o1. The van der Waals surface area contributed by atoms with Crippen LogP contribution in [0, 0.1) is 0 Å². The first-order chi connectivity index (χ1) is 14.6. The van der Waals surface area contributed by atoms with Gasteiger partial charge in [0.25, 0.3) is 5.56 Å². The largest absolute Gasteiger partial charge is 0.421 e. The standard InChI is InChI=1S/C21H23N5O4/c1-2-19-23-24-21(30-19)15-3-8-20(28)26(13-15)14-18(27)22-16-4-6-17(7-5-16)25-9-11-29-12-10-25/h3-8,13H,2,9-12,14H2,1H3,(H,22,27). The molecule has 1 amide bonds. The van der Waals surface area contributed by atoms with E-state index in [9.17, 15) is 9.59 Å². The van der Waals surface area contributed by atoms with Crippen LogP contribution in [0.5, 0.6) is 0 Å². The van der Waals surface area contributed by atoms with Crippen LogP contribution in [0.1, 0.15) is 12.8 Å². The molecule has 0 radical (unpaired) electrons. The lowest BCUT2D eigenvalue weighted by atomic mass is 10.2. The van der Waals surface area contributed by atoms with Crippen LogP contribution in [0.3, 0.4) is 0 Å². The molecule has 0 spiro atoms.